The molecule has 4 rings (SSSR count). The zero-order valence-electron chi connectivity index (χ0n) is 13.4. The maximum absolute atomic E-state index is 5.57. The van der Waals surface area contributed by atoms with Crippen molar-refractivity contribution in [2.45, 2.75) is 0 Å². The highest BCUT2D eigenvalue weighted by molar-refractivity contribution is 7.18. The van der Waals surface area contributed by atoms with Gasteiger partial charge in [0.2, 0.25) is 0 Å². The van der Waals surface area contributed by atoms with Gasteiger partial charge < -0.3 is 4.42 Å². The third kappa shape index (κ3) is 2.74. The van der Waals surface area contributed by atoms with E-state index in [-0.39, 0.29) is 0 Å². The number of aromatic nitrogens is 3. The number of amidine groups is 1. The molecule has 0 spiro atoms. The Hall–Kier alpha value is -3.19. The molecule has 0 N–H and O–H groups in total. The number of thiazole rings is 1. The fourth-order valence-corrected chi connectivity index (χ4v) is 3.40. The zero-order valence-corrected chi connectivity index (χ0v) is 14.2. The van der Waals surface area contributed by atoms with Crippen molar-refractivity contribution < 1.29 is 4.42 Å². The first-order chi connectivity index (χ1) is 12.3. The summed E-state index contributed by atoms with van der Waals surface area (Å²) in [5.74, 6) is 0.477. The SMILES string of the molecule is C=NC(=NC)c1nc(-c2cnc(-c3cccnc3)s2)cc2occc12. The minimum Gasteiger partial charge on any atom is -0.464 e. The number of furan rings is 1. The normalized spacial score (nSPS) is 11.8. The van der Waals surface area contributed by atoms with E-state index in [0.29, 0.717) is 11.5 Å². The standard InChI is InChI=1S/C18H13N5OS/c1-19-17(20-2)16-12-5-7-24-14(12)8-13(23-16)15-10-22-18(25-15)11-4-3-6-21-9-11/h3-10H,1H2,2H3. The average molecular weight is 347 g/mol. The Morgan fingerprint density at radius 1 is 1.28 bits per heavy atom. The van der Waals surface area contributed by atoms with E-state index in [2.05, 4.69) is 26.7 Å². The first-order valence-electron chi connectivity index (χ1n) is 7.49. The fraction of sp³-hybridized carbons (Fsp3) is 0.0556. The molecule has 0 saturated heterocycles. The number of rotatable bonds is 3. The Kier molecular flexibility index (Phi) is 3.91. The molecule has 4 aromatic rings. The van der Waals surface area contributed by atoms with Crippen molar-refractivity contribution in [3.8, 4) is 21.1 Å². The third-order valence-electron chi connectivity index (χ3n) is 3.69. The summed E-state index contributed by atoms with van der Waals surface area (Å²) in [5.41, 5.74) is 3.10. The van der Waals surface area contributed by atoms with Gasteiger partial charge in [-0.25, -0.2) is 15.0 Å². The minimum atomic E-state index is 0.477. The molecule has 0 fully saturated rings. The van der Waals surface area contributed by atoms with Crippen LogP contribution < -0.4 is 0 Å². The lowest BCUT2D eigenvalue weighted by Gasteiger charge is -2.04. The second kappa shape index (κ2) is 6.37. The van der Waals surface area contributed by atoms with E-state index in [9.17, 15) is 0 Å². The van der Waals surface area contributed by atoms with Crippen LogP contribution in [0, 0.1) is 0 Å². The Labute approximate surface area is 147 Å². The molecule has 0 atom stereocenters. The van der Waals surface area contributed by atoms with Gasteiger partial charge in [0.15, 0.2) is 5.84 Å². The quantitative estimate of drug-likeness (QED) is 0.413. The monoisotopic (exact) mass is 347 g/mol. The third-order valence-corrected chi connectivity index (χ3v) is 4.76. The summed E-state index contributed by atoms with van der Waals surface area (Å²) in [6, 6.07) is 7.62. The van der Waals surface area contributed by atoms with E-state index >= 15 is 0 Å². The molecule has 0 unspecified atom stereocenters. The predicted octanol–water partition coefficient (Wildman–Crippen LogP) is 4.09. The van der Waals surface area contributed by atoms with Crippen LogP contribution in [0.15, 0.2) is 63.5 Å². The summed E-state index contributed by atoms with van der Waals surface area (Å²) < 4.78 is 5.57. The maximum atomic E-state index is 5.57. The summed E-state index contributed by atoms with van der Waals surface area (Å²) in [6.07, 6.45) is 6.97. The minimum absolute atomic E-state index is 0.477. The summed E-state index contributed by atoms with van der Waals surface area (Å²) in [6.45, 7) is 3.58. The molecule has 4 aromatic heterocycles. The molecule has 0 bridgehead atoms. The van der Waals surface area contributed by atoms with Crippen molar-refractivity contribution in [3.63, 3.8) is 0 Å². The van der Waals surface area contributed by atoms with E-state index in [1.807, 2.05) is 24.3 Å². The Balaban J connectivity index is 1.85. The fourth-order valence-electron chi connectivity index (χ4n) is 2.53. The van der Waals surface area contributed by atoms with Crippen LogP contribution in [0.5, 0.6) is 0 Å². The van der Waals surface area contributed by atoms with E-state index in [4.69, 9.17) is 9.40 Å². The Morgan fingerprint density at radius 2 is 2.20 bits per heavy atom. The van der Waals surface area contributed by atoms with Gasteiger partial charge in [0.05, 0.1) is 16.8 Å². The highest BCUT2D eigenvalue weighted by Crippen LogP contribution is 2.33. The smallest absolute Gasteiger partial charge is 0.173 e. The lowest BCUT2D eigenvalue weighted by Crippen LogP contribution is -2.01. The first-order valence-corrected chi connectivity index (χ1v) is 8.30. The number of hydrogen-bond acceptors (Lipinski definition) is 6. The van der Waals surface area contributed by atoms with E-state index in [1.165, 1.54) is 0 Å². The zero-order chi connectivity index (χ0) is 17.2. The van der Waals surface area contributed by atoms with E-state index < -0.39 is 0 Å². The molecule has 6 nitrogen and oxygen atoms in total. The maximum Gasteiger partial charge on any atom is 0.173 e. The second-order valence-electron chi connectivity index (χ2n) is 5.17. The molecule has 0 aromatic carbocycles. The molecule has 25 heavy (non-hydrogen) atoms. The van der Waals surface area contributed by atoms with Gasteiger partial charge in [0.25, 0.3) is 0 Å². The Morgan fingerprint density at radius 3 is 2.96 bits per heavy atom. The first kappa shape index (κ1) is 15.3. The van der Waals surface area contributed by atoms with Crippen LogP contribution in [0.25, 0.3) is 32.1 Å². The molecular formula is C18H13N5OS. The van der Waals surface area contributed by atoms with Gasteiger partial charge >= 0.3 is 0 Å². The summed E-state index contributed by atoms with van der Waals surface area (Å²) in [4.78, 5) is 22.4. The highest BCUT2D eigenvalue weighted by atomic mass is 32.1. The molecular weight excluding hydrogens is 334 g/mol. The number of aliphatic imine (C=N–C) groups is 2. The van der Waals surface area contributed by atoms with Crippen molar-refractivity contribution in [3.05, 3.63) is 54.8 Å². The Bertz CT molecular complexity index is 1080. The van der Waals surface area contributed by atoms with Crippen molar-refractivity contribution in [1.82, 2.24) is 15.0 Å². The lowest BCUT2D eigenvalue weighted by atomic mass is 10.2. The van der Waals surface area contributed by atoms with Gasteiger partial charge in [-0.2, -0.15) is 0 Å². The van der Waals surface area contributed by atoms with Gasteiger partial charge in [-0.15, -0.1) is 11.3 Å². The highest BCUT2D eigenvalue weighted by Gasteiger charge is 2.15. The molecule has 0 aliphatic carbocycles. The average Bonchev–Trinajstić information content (AvgIpc) is 3.33. The van der Waals surface area contributed by atoms with Gasteiger partial charge in [0.1, 0.15) is 16.3 Å². The van der Waals surface area contributed by atoms with Crippen molar-refractivity contribution in [1.29, 1.82) is 0 Å². The van der Waals surface area contributed by atoms with E-state index in [1.54, 1.807) is 43.2 Å². The number of nitrogens with zero attached hydrogens (tertiary/aromatic N) is 5. The molecule has 7 heteroatoms. The van der Waals surface area contributed by atoms with Crippen LogP contribution in [0.3, 0.4) is 0 Å². The van der Waals surface area contributed by atoms with E-state index in [0.717, 1.165) is 32.1 Å². The molecule has 0 aliphatic rings. The largest absolute Gasteiger partial charge is 0.464 e. The molecule has 4 heterocycles. The molecule has 122 valence electrons. The predicted molar refractivity (Wildman–Crippen MR) is 100 cm³/mol. The summed E-state index contributed by atoms with van der Waals surface area (Å²) in [7, 11) is 1.66. The lowest BCUT2D eigenvalue weighted by molar-refractivity contribution is 0.615. The summed E-state index contributed by atoms with van der Waals surface area (Å²) in [5, 5.41) is 1.74. The number of pyridine rings is 2. The van der Waals surface area contributed by atoms with Gasteiger partial charge in [-0.3, -0.25) is 9.98 Å². The van der Waals surface area contributed by atoms with Crippen LogP contribution >= 0.6 is 11.3 Å². The van der Waals surface area contributed by atoms with Crippen LogP contribution in [0.4, 0.5) is 0 Å². The van der Waals surface area contributed by atoms with Crippen molar-refractivity contribution >= 4 is 34.9 Å². The molecule has 0 saturated carbocycles. The molecule has 0 amide bonds. The topological polar surface area (TPSA) is 76.5 Å². The van der Waals surface area contributed by atoms with Crippen LogP contribution in [-0.2, 0) is 0 Å². The van der Waals surface area contributed by atoms with Crippen LogP contribution in [0.2, 0.25) is 0 Å². The summed E-state index contributed by atoms with van der Waals surface area (Å²) >= 11 is 1.54. The second-order valence-corrected chi connectivity index (χ2v) is 6.20. The van der Waals surface area contributed by atoms with Crippen LogP contribution in [0.1, 0.15) is 5.69 Å². The van der Waals surface area contributed by atoms with Crippen LogP contribution in [-0.4, -0.2) is 34.6 Å². The van der Waals surface area contributed by atoms with Crippen molar-refractivity contribution in [2.75, 3.05) is 7.05 Å². The van der Waals surface area contributed by atoms with Gasteiger partial charge in [0, 0.05) is 42.7 Å². The number of hydrogen-bond donors (Lipinski definition) is 0. The van der Waals surface area contributed by atoms with Crippen molar-refractivity contribution in [2.24, 2.45) is 9.98 Å². The van der Waals surface area contributed by atoms with Gasteiger partial charge in [-0.05, 0) is 24.9 Å². The molecule has 0 radical (unpaired) electrons. The number of fused-ring (bicyclic) bond motifs is 1. The van der Waals surface area contributed by atoms with Gasteiger partial charge in [-0.1, -0.05) is 0 Å². The molecule has 0 aliphatic heterocycles.